The molecule has 1 heterocycles. The fourth-order valence-electron chi connectivity index (χ4n) is 2.25. The Bertz CT molecular complexity index is 559. The monoisotopic (exact) mass is 285 g/mol. The average molecular weight is 285 g/mol. The van der Waals surface area contributed by atoms with Gasteiger partial charge in [0.2, 0.25) is 0 Å². The minimum atomic E-state index is 0.672. The molecule has 0 aliphatic heterocycles. The number of aliphatic imine (C=N–C) groups is 1. The van der Waals surface area contributed by atoms with Gasteiger partial charge in [0.15, 0.2) is 5.96 Å². The summed E-state index contributed by atoms with van der Waals surface area (Å²) in [4.78, 5) is 8.49. The molecule has 2 aromatic rings. The second-order valence-corrected chi connectivity index (χ2v) is 4.80. The summed E-state index contributed by atoms with van der Waals surface area (Å²) in [5.74, 6) is 1.80. The lowest BCUT2D eigenvalue weighted by Gasteiger charge is -2.11. The lowest BCUT2D eigenvalue weighted by atomic mass is 10.1. The molecular formula is C16H23N5. The van der Waals surface area contributed by atoms with Gasteiger partial charge in [-0.2, -0.15) is 0 Å². The number of guanidine groups is 1. The van der Waals surface area contributed by atoms with Gasteiger partial charge in [-0.05, 0) is 18.4 Å². The SMILES string of the molecule is CN=C(NC)NCc1nccn1CCCc1ccccc1. The van der Waals surface area contributed by atoms with E-state index in [2.05, 4.69) is 55.5 Å². The summed E-state index contributed by atoms with van der Waals surface area (Å²) in [5.41, 5.74) is 1.38. The van der Waals surface area contributed by atoms with E-state index in [0.29, 0.717) is 6.54 Å². The number of hydrogen-bond acceptors (Lipinski definition) is 2. The van der Waals surface area contributed by atoms with Gasteiger partial charge in [-0.15, -0.1) is 0 Å². The molecule has 5 nitrogen and oxygen atoms in total. The largest absolute Gasteiger partial charge is 0.359 e. The summed E-state index contributed by atoms with van der Waals surface area (Å²) in [6.07, 6.45) is 6.07. The van der Waals surface area contributed by atoms with E-state index in [1.54, 1.807) is 7.05 Å². The number of imidazole rings is 1. The highest BCUT2D eigenvalue weighted by Crippen LogP contribution is 2.05. The minimum absolute atomic E-state index is 0.672. The van der Waals surface area contributed by atoms with Gasteiger partial charge < -0.3 is 15.2 Å². The maximum Gasteiger partial charge on any atom is 0.191 e. The highest BCUT2D eigenvalue weighted by atomic mass is 15.2. The van der Waals surface area contributed by atoms with Gasteiger partial charge in [-0.3, -0.25) is 4.99 Å². The van der Waals surface area contributed by atoms with Crippen molar-refractivity contribution in [2.24, 2.45) is 4.99 Å². The predicted molar refractivity (Wildman–Crippen MR) is 86.2 cm³/mol. The van der Waals surface area contributed by atoms with E-state index in [4.69, 9.17) is 0 Å². The van der Waals surface area contributed by atoms with Gasteiger partial charge in [-0.1, -0.05) is 30.3 Å². The van der Waals surface area contributed by atoms with Crippen LogP contribution in [0.25, 0.3) is 0 Å². The van der Waals surface area contributed by atoms with Crippen LogP contribution in [0.2, 0.25) is 0 Å². The Balaban J connectivity index is 1.83. The topological polar surface area (TPSA) is 54.2 Å². The molecule has 21 heavy (non-hydrogen) atoms. The summed E-state index contributed by atoms with van der Waals surface area (Å²) < 4.78 is 2.19. The smallest absolute Gasteiger partial charge is 0.191 e. The van der Waals surface area contributed by atoms with Crippen LogP contribution >= 0.6 is 0 Å². The van der Waals surface area contributed by atoms with Gasteiger partial charge in [0.1, 0.15) is 5.82 Å². The zero-order chi connectivity index (χ0) is 14.9. The van der Waals surface area contributed by atoms with Gasteiger partial charge >= 0.3 is 0 Å². The molecule has 1 aromatic carbocycles. The lowest BCUT2D eigenvalue weighted by molar-refractivity contribution is 0.601. The summed E-state index contributed by atoms with van der Waals surface area (Å²) in [6, 6.07) is 10.6. The first-order valence-corrected chi connectivity index (χ1v) is 7.26. The number of hydrogen-bond donors (Lipinski definition) is 2. The third-order valence-electron chi connectivity index (χ3n) is 3.38. The van der Waals surface area contributed by atoms with Crippen molar-refractivity contribution in [2.45, 2.75) is 25.9 Å². The molecule has 0 saturated carbocycles. The molecule has 0 saturated heterocycles. The summed E-state index contributed by atoms with van der Waals surface area (Å²) >= 11 is 0. The molecule has 1 aromatic heterocycles. The van der Waals surface area contributed by atoms with Gasteiger partial charge in [0, 0.05) is 33.0 Å². The number of benzene rings is 1. The van der Waals surface area contributed by atoms with Gasteiger partial charge in [0.25, 0.3) is 0 Å². The summed E-state index contributed by atoms with van der Waals surface area (Å²) in [7, 11) is 3.60. The van der Waals surface area contributed by atoms with Crippen LogP contribution in [0.15, 0.2) is 47.7 Å². The van der Waals surface area contributed by atoms with Crippen molar-refractivity contribution >= 4 is 5.96 Å². The first-order chi connectivity index (χ1) is 10.3. The van der Waals surface area contributed by atoms with Crippen molar-refractivity contribution in [1.29, 1.82) is 0 Å². The first-order valence-electron chi connectivity index (χ1n) is 7.26. The minimum Gasteiger partial charge on any atom is -0.359 e. The molecule has 2 rings (SSSR count). The van der Waals surface area contributed by atoms with Crippen LogP contribution in [-0.4, -0.2) is 29.6 Å². The Morgan fingerprint density at radius 3 is 2.81 bits per heavy atom. The highest BCUT2D eigenvalue weighted by molar-refractivity contribution is 5.79. The number of nitrogens with one attached hydrogen (secondary N) is 2. The predicted octanol–water partition coefficient (Wildman–Crippen LogP) is 1.81. The van der Waals surface area contributed by atoms with E-state index in [1.165, 1.54) is 5.56 Å². The van der Waals surface area contributed by atoms with E-state index >= 15 is 0 Å². The van der Waals surface area contributed by atoms with Crippen LogP contribution in [0.4, 0.5) is 0 Å². The summed E-state index contributed by atoms with van der Waals surface area (Å²) in [6.45, 7) is 1.65. The molecule has 0 aliphatic carbocycles. The molecule has 0 radical (unpaired) electrons. The van der Waals surface area contributed by atoms with Crippen molar-refractivity contribution in [2.75, 3.05) is 14.1 Å². The number of aryl methyl sites for hydroxylation is 2. The second kappa shape index (κ2) is 8.09. The van der Waals surface area contributed by atoms with E-state index in [-0.39, 0.29) is 0 Å². The molecule has 112 valence electrons. The van der Waals surface area contributed by atoms with Crippen molar-refractivity contribution in [3.63, 3.8) is 0 Å². The standard InChI is InChI=1S/C16H23N5/c1-17-16(18-2)20-13-15-19-10-12-21(15)11-6-9-14-7-4-3-5-8-14/h3-5,7-8,10,12H,6,9,11,13H2,1-2H3,(H2,17,18,20). The molecule has 0 spiro atoms. The Morgan fingerprint density at radius 2 is 2.10 bits per heavy atom. The normalized spacial score (nSPS) is 11.4. The third kappa shape index (κ3) is 4.63. The number of aromatic nitrogens is 2. The van der Waals surface area contributed by atoms with Crippen LogP contribution in [0.1, 0.15) is 17.8 Å². The second-order valence-electron chi connectivity index (χ2n) is 4.80. The molecular weight excluding hydrogens is 262 g/mol. The van der Waals surface area contributed by atoms with Crippen molar-refractivity contribution in [1.82, 2.24) is 20.2 Å². The number of rotatable bonds is 6. The van der Waals surface area contributed by atoms with Crippen molar-refractivity contribution in [3.05, 3.63) is 54.1 Å². The van der Waals surface area contributed by atoms with Crippen LogP contribution in [-0.2, 0) is 19.5 Å². The highest BCUT2D eigenvalue weighted by Gasteiger charge is 2.03. The maximum atomic E-state index is 4.40. The molecule has 2 N–H and O–H groups in total. The molecule has 0 unspecified atom stereocenters. The Labute approximate surface area is 126 Å². The van der Waals surface area contributed by atoms with Gasteiger partial charge in [0.05, 0.1) is 6.54 Å². The Kier molecular flexibility index (Phi) is 5.82. The Morgan fingerprint density at radius 1 is 1.29 bits per heavy atom. The fraction of sp³-hybridized carbons (Fsp3) is 0.375. The fourth-order valence-corrected chi connectivity index (χ4v) is 2.25. The maximum absolute atomic E-state index is 4.40. The molecule has 0 atom stereocenters. The average Bonchev–Trinajstić information content (AvgIpc) is 2.97. The zero-order valence-corrected chi connectivity index (χ0v) is 12.7. The van der Waals surface area contributed by atoms with Gasteiger partial charge in [-0.25, -0.2) is 4.98 Å². The summed E-state index contributed by atoms with van der Waals surface area (Å²) in [5, 5.41) is 6.23. The number of nitrogens with zero attached hydrogens (tertiary/aromatic N) is 3. The van der Waals surface area contributed by atoms with Crippen LogP contribution in [0.3, 0.4) is 0 Å². The van der Waals surface area contributed by atoms with E-state index in [1.807, 2.05) is 19.4 Å². The molecule has 0 amide bonds. The van der Waals surface area contributed by atoms with E-state index in [0.717, 1.165) is 31.2 Å². The Hall–Kier alpha value is -2.30. The van der Waals surface area contributed by atoms with Crippen LogP contribution < -0.4 is 10.6 Å². The van der Waals surface area contributed by atoms with Crippen molar-refractivity contribution < 1.29 is 0 Å². The quantitative estimate of drug-likeness (QED) is 0.629. The van der Waals surface area contributed by atoms with E-state index in [9.17, 15) is 0 Å². The third-order valence-corrected chi connectivity index (χ3v) is 3.38. The molecule has 0 aliphatic rings. The molecule has 0 bridgehead atoms. The molecule has 5 heteroatoms. The van der Waals surface area contributed by atoms with Crippen LogP contribution in [0.5, 0.6) is 0 Å². The lowest BCUT2D eigenvalue weighted by Crippen LogP contribution is -2.34. The first kappa shape index (κ1) is 15.1. The zero-order valence-electron chi connectivity index (χ0n) is 12.7. The van der Waals surface area contributed by atoms with Crippen molar-refractivity contribution in [3.8, 4) is 0 Å². The molecule has 0 fully saturated rings. The van der Waals surface area contributed by atoms with E-state index < -0.39 is 0 Å². The van der Waals surface area contributed by atoms with Crippen LogP contribution in [0, 0.1) is 0 Å².